The lowest BCUT2D eigenvalue weighted by Gasteiger charge is -2.24. The van der Waals surface area contributed by atoms with Crippen LogP contribution in [0.15, 0.2) is 16.5 Å². The van der Waals surface area contributed by atoms with E-state index >= 15 is 0 Å². The number of hydrogen-bond donors (Lipinski definition) is 0. The molecule has 1 aromatic heterocycles. The Morgan fingerprint density at radius 2 is 2.24 bits per heavy atom. The van der Waals surface area contributed by atoms with Crippen LogP contribution in [0, 0.1) is 6.92 Å². The molecule has 0 saturated carbocycles. The summed E-state index contributed by atoms with van der Waals surface area (Å²) in [7, 11) is 1.63. The molecule has 2 atom stereocenters. The van der Waals surface area contributed by atoms with Crippen molar-refractivity contribution < 1.29 is 18.7 Å². The van der Waals surface area contributed by atoms with Gasteiger partial charge in [-0.05, 0) is 25.5 Å². The van der Waals surface area contributed by atoms with E-state index in [0.717, 1.165) is 12.2 Å². The second kappa shape index (κ2) is 5.52. The number of nitrogens with zero attached hydrogens (tertiary/aromatic N) is 2. The Labute approximate surface area is 123 Å². The van der Waals surface area contributed by atoms with Crippen LogP contribution in [0.1, 0.15) is 29.2 Å². The van der Waals surface area contributed by atoms with Crippen LogP contribution in [-0.2, 0) is 9.53 Å². The van der Waals surface area contributed by atoms with Crippen molar-refractivity contribution in [1.82, 2.24) is 9.80 Å². The van der Waals surface area contributed by atoms with E-state index in [0.29, 0.717) is 31.9 Å². The topological polar surface area (TPSA) is 63.0 Å². The van der Waals surface area contributed by atoms with Crippen LogP contribution < -0.4 is 0 Å². The van der Waals surface area contributed by atoms with Gasteiger partial charge < -0.3 is 19.0 Å². The summed E-state index contributed by atoms with van der Waals surface area (Å²) in [5.41, 5.74) is 0. The molecule has 0 N–H and O–H groups in total. The number of carbonyl (C=O) groups is 2. The molecule has 0 unspecified atom stereocenters. The molecule has 114 valence electrons. The zero-order valence-electron chi connectivity index (χ0n) is 12.4. The van der Waals surface area contributed by atoms with Crippen molar-refractivity contribution in [2.24, 2.45) is 0 Å². The fourth-order valence-corrected chi connectivity index (χ4v) is 3.35. The average molecular weight is 292 g/mol. The molecule has 0 bridgehead atoms. The number of likely N-dealkylation sites (tertiary alicyclic amines) is 2. The normalized spacial score (nSPS) is 24.8. The van der Waals surface area contributed by atoms with E-state index < -0.39 is 0 Å². The Morgan fingerprint density at radius 3 is 2.90 bits per heavy atom. The zero-order valence-corrected chi connectivity index (χ0v) is 12.4. The fourth-order valence-electron chi connectivity index (χ4n) is 3.35. The van der Waals surface area contributed by atoms with Crippen LogP contribution in [0.3, 0.4) is 0 Å². The molecule has 3 heterocycles. The zero-order chi connectivity index (χ0) is 15.0. The van der Waals surface area contributed by atoms with Gasteiger partial charge in [0, 0.05) is 26.6 Å². The van der Waals surface area contributed by atoms with Gasteiger partial charge in [-0.3, -0.25) is 9.59 Å². The van der Waals surface area contributed by atoms with Crippen LogP contribution in [0.25, 0.3) is 0 Å². The van der Waals surface area contributed by atoms with Crippen LogP contribution >= 0.6 is 0 Å². The highest BCUT2D eigenvalue weighted by atomic mass is 16.5. The number of methoxy groups -OCH3 is 1. The van der Waals surface area contributed by atoms with Crippen LogP contribution in [-0.4, -0.2) is 60.5 Å². The molecular formula is C15H20N2O4. The SMILES string of the molecule is COCCN1C(=O)C[C@H]2[C@@H]1CCN2C(=O)c1ccc(C)o1. The van der Waals surface area contributed by atoms with E-state index in [1.54, 1.807) is 24.1 Å². The average Bonchev–Trinajstić information content (AvgIpc) is 3.12. The van der Waals surface area contributed by atoms with Crippen molar-refractivity contribution in [3.05, 3.63) is 23.7 Å². The molecule has 3 rings (SSSR count). The molecule has 0 radical (unpaired) electrons. The quantitative estimate of drug-likeness (QED) is 0.832. The second-order valence-corrected chi connectivity index (χ2v) is 5.62. The minimum Gasteiger partial charge on any atom is -0.456 e. The van der Waals surface area contributed by atoms with E-state index in [2.05, 4.69) is 0 Å². The lowest BCUT2D eigenvalue weighted by atomic mass is 10.1. The monoisotopic (exact) mass is 292 g/mol. The lowest BCUT2D eigenvalue weighted by molar-refractivity contribution is -0.129. The molecule has 2 aliphatic rings. The third-order valence-electron chi connectivity index (χ3n) is 4.36. The van der Waals surface area contributed by atoms with Crippen molar-refractivity contribution in [2.45, 2.75) is 31.8 Å². The number of rotatable bonds is 4. The maximum atomic E-state index is 12.5. The van der Waals surface area contributed by atoms with E-state index in [1.807, 2.05) is 11.8 Å². The van der Waals surface area contributed by atoms with Gasteiger partial charge >= 0.3 is 0 Å². The van der Waals surface area contributed by atoms with Gasteiger partial charge in [0.25, 0.3) is 5.91 Å². The molecule has 2 fully saturated rings. The number of hydrogen-bond acceptors (Lipinski definition) is 4. The van der Waals surface area contributed by atoms with Crippen molar-refractivity contribution in [1.29, 1.82) is 0 Å². The molecule has 2 aliphatic heterocycles. The third-order valence-corrected chi connectivity index (χ3v) is 4.36. The van der Waals surface area contributed by atoms with Gasteiger partial charge in [-0.2, -0.15) is 0 Å². The van der Waals surface area contributed by atoms with Gasteiger partial charge in [0.2, 0.25) is 5.91 Å². The largest absolute Gasteiger partial charge is 0.456 e. The third kappa shape index (κ3) is 2.44. The molecular weight excluding hydrogens is 272 g/mol. The summed E-state index contributed by atoms with van der Waals surface area (Å²) in [5.74, 6) is 1.07. The molecule has 21 heavy (non-hydrogen) atoms. The Morgan fingerprint density at radius 1 is 1.43 bits per heavy atom. The van der Waals surface area contributed by atoms with E-state index in [4.69, 9.17) is 9.15 Å². The molecule has 1 aromatic rings. The van der Waals surface area contributed by atoms with Crippen molar-refractivity contribution in [3.8, 4) is 0 Å². The minimum atomic E-state index is -0.114. The van der Waals surface area contributed by atoms with Gasteiger partial charge in [-0.15, -0.1) is 0 Å². The van der Waals surface area contributed by atoms with E-state index in [9.17, 15) is 9.59 Å². The van der Waals surface area contributed by atoms with Crippen molar-refractivity contribution >= 4 is 11.8 Å². The van der Waals surface area contributed by atoms with Crippen molar-refractivity contribution in [3.63, 3.8) is 0 Å². The standard InChI is InChI=1S/C15H20N2O4/c1-10-3-4-13(21-10)15(19)17-6-5-11-12(17)9-14(18)16(11)7-8-20-2/h3-4,11-12H,5-9H2,1-2H3/t11-,12-/m0/s1. The molecule has 0 aromatic carbocycles. The van der Waals surface area contributed by atoms with E-state index in [-0.39, 0.29) is 23.9 Å². The molecule has 6 nitrogen and oxygen atoms in total. The fraction of sp³-hybridized carbons (Fsp3) is 0.600. The Hall–Kier alpha value is -1.82. The summed E-state index contributed by atoms with van der Waals surface area (Å²) in [6, 6.07) is 3.57. The van der Waals surface area contributed by atoms with Crippen LogP contribution in [0.2, 0.25) is 0 Å². The first-order valence-electron chi connectivity index (χ1n) is 7.27. The van der Waals surface area contributed by atoms with Gasteiger partial charge in [0.15, 0.2) is 5.76 Å². The maximum Gasteiger partial charge on any atom is 0.289 e. The summed E-state index contributed by atoms with van der Waals surface area (Å²) in [6.45, 7) is 3.61. The van der Waals surface area contributed by atoms with Crippen molar-refractivity contribution in [2.75, 3.05) is 26.8 Å². The summed E-state index contributed by atoms with van der Waals surface area (Å²) >= 11 is 0. The number of ether oxygens (including phenoxy) is 1. The van der Waals surface area contributed by atoms with Gasteiger partial charge in [-0.25, -0.2) is 0 Å². The van der Waals surface area contributed by atoms with Crippen LogP contribution in [0.5, 0.6) is 0 Å². The minimum absolute atomic E-state index is 0.0349. The van der Waals surface area contributed by atoms with Gasteiger partial charge in [-0.1, -0.05) is 0 Å². The van der Waals surface area contributed by atoms with Crippen LogP contribution in [0.4, 0.5) is 0 Å². The Kier molecular flexibility index (Phi) is 3.71. The first-order valence-corrected chi connectivity index (χ1v) is 7.27. The highest BCUT2D eigenvalue weighted by molar-refractivity contribution is 5.93. The summed E-state index contributed by atoms with van der Waals surface area (Å²) in [4.78, 5) is 28.3. The molecule has 0 aliphatic carbocycles. The number of aryl methyl sites for hydroxylation is 1. The Bertz CT molecular complexity index is 554. The first kappa shape index (κ1) is 14.1. The molecule has 2 saturated heterocycles. The van der Waals surface area contributed by atoms with Gasteiger partial charge in [0.1, 0.15) is 5.76 Å². The second-order valence-electron chi connectivity index (χ2n) is 5.62. The van der Waals surface area contributed by atoms with E-state index in [1.165, 1.54) is 0 Å². The predicted molar refractivity (Wildman–Crippen MR) is 74.9 cm³/mol. The Balaban J connectivity index is 1.73. The lowest BCUT2D eigenvalue weighted by Crippen LogP contribution is -2.40. The number of amides is 2. The molecule has 2 amide bonds. The molecule has 6 heteroatoms. The number of fused-ring (bicyclic) bond motifs is 1. The number of furan rings is 1. The number of carbonyl (C=O) groups excluding carboxylic acids is 2. The maximum absolute atomic E-state index is 12.5. The highest BCUT2D eigenvalue weighted by Crippen LogP contribution is 2.33. The summed E-state index contributed by atoms with van der Waals surface area (Å²) in [6.07, 6.45) is 1.23. The summed E-state index contributed by atoms with van der Waals surface area (Å²) in [5, 5.41) is 0. The first-order chi connectivity index (χ1) is 10.1. The van der Waals surface area contributed by atoms with Gasteiger partial charge in [0.05, 0.1) is 18.7 Å². The molecule has 0 spiro atoms. The smallest absolute Gasteiger partial charge is 0.289 e. The highest BCUT2D eigenvalue weighted by Gasteiger charge is 2.48. The predicted octanol–water partition coefficient (Wildman–Crippen LogP) is 1.05. The summed E-state index contributed by atoms with van der Waals surface area (Å²) < 4.78 is 10.5.